The molecule has 4 rings (SSSR count). The largest absolute Gasteiger partial charge is 0.504 e. The van der Waals surface area contributed by atoms with Gasteiger partial charge in [-0.05, 0) is 35.7 Å². The van der Waals surface area contributed by atoms with Crippen LogP contribution in [-0.2, 0) is 11.8 Å². The molecule has 1 N–H and O–H groups in total. The summed E-state index contributed by atoms with van der Waals surface area (Å²) in [5.41, 5.74) is 0.737. The molecular formula is C23H25NO3. The fraction of sp³-hybridized carbons (Fsp3) is 0.391. The SMILES string of the molecule is CCCN1c2ccc3ccccc3c2C(C)(C)C1(C)Cc1c(O)c(=O)c1=O. The number of hydrogen-bond donors (Lipinski definition) is 1. The van der Waals surface area contributed by atoms with Crippen LogP contribution in [0.3, 0.4) is 0 Å². The minimum absolute atomic E-state index is 0.272. The molecule has 27 heavy (non-hydrogen) atoms. The fourth-order valence-electron chi connectivity index (χ4n) is 4.86. The molecule has 0 amide bonds. The predicted octanol–water partition coefficient (Wildman–Crippen LogP) is 3.65. The van der Waals surface area contributed by atoms with Gasteiger partial charge in [0.2, 0.25) is 5.43 Å². The topological polar surface area (TPSA) is 57.6 Å². The minimum atomic E-state index is -0.755. The molecule has 0 fully saturated rings. The Bertz CT molecular complexity index is 1120. The highest BCUT2D eigenvalue weighted by molar-refractivity contribution is 5.93. The Balaban J connectivity index is 1.95. The van der Waals surface area contributed by atoms with E-state index < -0.39 is 16.4 Å². The van der Waals surface area contributed by atoms with Crippen LogP contribution in [0.15, 0.2) is 46.0 Å². The van der Waals surface area contributed by atoms with Crippen molar-refractivity contribution in [1.29, 1.82) is 0 Å². The Labute approximate surface area is 158 Å². The van der Waals surface area contributed by atoms with Crippen LogP contribution < -0.4 is 15.8 Å². The van der Waals surface area contributed by atoms with Crippen LogP contribution in [0.2, 0.25) is 0 Å². The zero-order chi connectivity index (χ0) is 19.6. The molecule has 3 aromatic carbocycles. The van der Waals surface area contributed by atoms with Crippen molar-refractivity contribution in [1.82, 2.24) is 0 Å². The number of benzene rings is 2. The number of hydrogen-bond acceptors (Lipinski definition) is 4. The second-order valence-corrected chi connectivity index (χ2v) is 8.39. The van der Waals surface area contributed by atoms with Crippen molar-refractivity contribution in [3.05, 3.63) is 68.0 Å². The Morgan fingerprint density at radius 3 is 2.37 bits per heavy atom. The van der Waals surface area contributed by atoms with Crippen LogP contribution in [0.5, 0.6) is 5.75 Å². The maximum absolute atomic E-state index is 12.1. The zero-order valence-corrected chi connectivity index (χ0v) is 16.3. The summed E-state index contributed by atoms with van der Waals surface area (Å²) in [7, 11) is 0. The van der Waals surface area contributed by atoms with Gasteiger partial charge >= 0.3 is 0 Å². The van der Waals surface area contributed by atoms with Crippen molar-refractivity contribution in [3.8, 4) is 5.75 Å². The van der Waals surface area contributed by atoms with Gasteiger partial charge in [-0.25, -0.2) is 0 Å². The van der Waals surface area contributed by atoms with E-state index in [1.165, 1.54) is 22.0 Å². The van der Waals surface area contributed by atoms with Crippen LogP contribution in [0.4, 0.5) is 5.69 Å². The molecule has 4 nitrogen and oxygen atoms in total. The van der Waals surface area contributed by atoms with Gasteiger partial charge in [0.1, 0.15) is 0 Å². The molecule has 1 unspecified atom stereocenters. The lowest BCUT2D eigenvalue weighted by molar-refractivity contribution is 0.278. The van der Waals surface area contributed by atoms with E-state index in [-0.39, 0.29) is 16.7 Å². The van der Waals surface area contributed by atoms with Gasteiger partial charge in [0, 0.05) is 24.1 Å². The highest BCUT2D eigenvalue weighted by Crippen LogP contribution is 2.55. The van der Waals surface area contributed by atoms with Crippen molar-refractivity contribution >= 4 is 16.5 Å². The second-order valence-electron chi connectivity index (χ2n) is 8.39. The Kier molecular flexibility index (Phi) is 3.74. The number of anilines is 1. The molecule has 1 aliphatic heterocycles. The van der Waals surface area contributed by atoms with E-state index in [1.54, 1.807) is 0 Å². The first kappa shape index (κ1) is 17.8. The Morgan fingerprint density at radius 2 is 1.70 bits per heavy atom. The van der Waals surface area contributed by atoms with Gasteiger partial charge in [0.05, 0.1) is 11.1 Å². The summed E-state index contributed by atoms with van der Waals surface area (Å²) in [5, 5.41) is 12.4. The summed E-state index contributed by atoms with van der Waals surface area (Å²) < 4.78 is 0. The second kappa shape index (κ2) is 5.69. The van der Waals surface area contributed by atoms with Crippen molar-refractivity contribution in [2.24, 2.45) is 0 Å². The highest BCUT2D eigenvalue weighted by atomic mass is 16.3. The first-order valence-corrected chi connectivity index (χ1v) is 9.55. The summed E-state index contributed by atoms with van der Waals surface area (Å²) in [6.45, 7) is 9.55. The van der Waals surface area contributed by atoms with Crippen molar-refractivity contribution in [2.45, 2.75) is 51.5 Å². The molecule has 0 spiro atoms. The third-order valence-electron chi connectivity index (χ3n) is 6.71. The van der Waals surface area contributed by atoms with Crippen molar-refractivity contribution < 1.29 is 5.11 Å². The first-order chi connectivity index (χ1) is 12.7. The highest BCUT2D eigenvalue weighted by Gasteiger charge is 2.54. The van der Waals surface area contributed by atoms with E-state index in [9.17, 15) is 14.7 Å². The van der Waals surface area contributed by atoms with E-state index in [0.717, 1.165) is 13.0 Å². The number of fused-ring (bicyclic) bond motifs is 3. The third-order valence-corrected chi connectivity index (χ3v) is 6.71. The minimum Gasteiger partial charge on any atom is -0.504 e. The fourth-order valence-corrected chi connectivity index (χ4v) is 4.86. The lowest BCUT2D eigenvalue weighted by Gasteiger charge is -2.46. The predicted molar refractivity (Wildman–Crippen MR) is 110 cm³/mol. The first-order valence-electron chi connectivity index (χ1n) is 9.55. The maximum atomic E-state index is 12.1. The van der Waals surface area contributed by atoms with Crippen LogP contribution in [-0.4, -0.2) is 17.2 Å². The summed E-state index contributed by atoms with van der Waals surface area (Å²) in [6, 6.07) is 12.7. The average molecular weight is 363 g/mol. The lowest BCUT2D eigenvalue weighted by atomic mass is 9.67. The maximum Gasteiger partial charge on any atom is 0.267 e. The van der Waals surface area contributed by atoms with Gasteiger partial charge in [0.15, 0.2) is 5.75 Å². The molecule has 0 bridgehead atoms. The molecule has 1 aliphatic rings. The van der Waals surface area contributed by atoms with Gasteiger partial charge in [-0.1, -0.05) is 51.1 Å². The van der Waals surface area contributed by atoms with E-state index in [2.05, 4.69) is 62.9 Å². The summed E-state index contributed by atoms with van der Waals surface area (Å²) in [6.07, 6.45) is 1.33. The molecule has 0 saturated carbocycles. The van der Waals surface area contributed by atoms with Crippen molar-refractivity contribution in [2.75, 3.05) is 11.4 Å². The average Bonchev–Trinajstić information content (AvgIpc) is 2.84. The molecule has 3 aromatic rings. The monoisotopic (exact) mass is 363 g/mol. The van der Waals surface area contributed by atoms with Gasteiger partial charge in [-0.3, -0.25) is 9.59 Å². The molecular weight excluding hydrogens is 338 g/mol. The standard InChI is InChI=1S/C23H25NO3/c1-5-12-24-17-11-10-14-8-6-7-9-15(14)18(17)22(2,3)23(24,4)13-16-19(25)21(27)20(16)26/h6-11,25H,5,12-13H2,1-4H3. The van der Waals surface area contributed by atoms with Gasteiger partial charge < -0.3 is 10.0 Å². The van der Waals surface area contributed by atoms with Gasteiger partial charge in [-0.15, -0.1) is 0 Å². The molecule has 0 saturated heterocycles. The normalized spacial score (nSPS) is 21.1. The summed E-state index contributed by atoms with van der Waals surface area (Å²) >= 11 is 0. The van der Waals surface area contributed by atoms with Crippen LogP contribution >= 0.6 is 0 Å². The molecule has 140 valence electrons. The number of rotatable bonds is 4. The summed E-state index contributed by atoms with van der Waals surface area (Å²) in [4.78, 5) is 26.0. The van der Waals surface area contributed by atoms with E-state index in [0.29, 0.717) is 6.42 Å². The summed E-state index contributed by atoms with van der Waals surface area (Å²) in [5.74, 6) is -0.353. The van der Waals surface area contributed by atoms with Crippen LogP contribution in [0.1, 0.15) is 45.2 Å². The molecule has 0 aromatic heterocycles. The third kappa shape index (κ3) is 2.16. The lowest BCUT2D eigenvalue weighted by Crippen LogP contribution is -2.57. The van der Waals surface area contributed by atoms with Crippen LogP contribution in [0, 0.1) is 0 Å². The molecule has 0 aliphatic carbocycles. The molecule has 1 heterocycles. The Morgan fingerprint density at radius 1 is 1.00 bits per heavy atom. The molecule has 0 radical (unpaired) electrons. The zero-order valence-electron chi connectivity index (χ0n) is 16.3. The molecule has 1 atom stereocenters. The number of nitrogens with zero attached hydrogens (tertiary/aromatic N) is 1. The van der Waals surface area contributed by atoms with E-state index >= 15 is 0 Å². The van der Waals surface area contributed by atoms with E-state index in [1.807, 2.05) is 6.07 Å². The smallest absolute Gasteiger partial charge is 0.267 e. The van der Waals surface area contributed by atoms with Crippen LogP contribution in [0.25, 0.3) is 10.8 Å². The molecule has 4 heteroatoms. The van der Waals surface area contributed by atoms with Crippen molar-refractivity contribution in [3.63, 3.8) is 0 Å². The van der Waals surface area contributed by atoms with Gasteiger partial charge in [0.25, 0.3) is 5.43 Å². The Hall–Kier alpha value is -2.62. The van der Waals surface area contributed by atoms with E-state index in [4.69, 9.17) is 0 Å². The quantitative estimate of drug-likeness (QED) is 0.719. The van der Waals surface area contributed by atoms with Gasteiger partial charge in [-0.2, -0.15) is 0 Å². The number of aromatic hydroxyl groups is 1.